The highest BCUT2D eigenvalue weighted by molar-refractivity contribution is 5.38. The van der Waals surface area contributed by atoms with Crippen molar-refractivity contribution in [2.45, 2.75) is 13.8 Å². The van der Waals surface area contributed by atoms with Crippen LogP contribution in [-0.2, 0) is 0 Å². The molecule has 0 aliphatic heterocycles. The van der Waals surface area contributed by atoms with E-state index >= 15 is 0 Å². The zero-order valence-electron chi connectivity index (χ0n) is 6.98. The third-order valence-electron chi connectivity index (χ3n) is 1.79. The fourth-order valence-corrected chi connectivity index (χ4v) is 0.896. The summed E-state index contributed by atoms with van der Waals surface area (Å²) in [6, 6.07) is 5.08. The van der Waals surface area contributed by atoms with Gasteiger partial charge >= 0.3 is 0 Å². The van der Waals surface area contributed by atoms with Crippen molar-refractivity contribution >= 4 is 5.69 Å². The predicted octanol–water partition coefficient (Wildman–Crippen LogP) is 2.29. The average Bonchev–Trinajstić information content (AvgIpc) is 2.08. The summed E-state index contributed by atoms with van der Waals surface area (Å²) in [5.74, 6) is 0. The first-order chi connectivity index (χ1) is 5.65. The number of benzene rings is 1. The second-order valence-corrected chi connectivity index (χ2v) is 2.63. The molecule has 0 amide bonds. The highest BCUT2D eigenvalue weighted by atomic mass is 16.6. The van der Waals surface area contributed by atoms with E-state index in [0.29, 0.717) is 5.69 Å². The standard InChI is InChI=1S/C8H10N2O2/c1-6-3-4-8(5-7(6)2)10(12)9-11/h3-5,11H,1-2H3/b10-9-. The van der Waals surface area contributed by atoms with E-state index in [1.165, 1.54) is 0 Å². The van der Waals surface area contributed by atoms with Gasteiger partial charge in [-0.1, -0.05) is 6.07 Å². The minimum Gasteiger partial charge on any atom is -0.592 e. The molecule has 4 heteroatoms. The number of nitrogens with zero attached hydrogens (tertiary/aromatic N) is 2. The molecule has 0 saturated heterocycles. The highest BCUT2D eigenvalue weighted by Gasteiger charge is 2.03. The van der Waals surface area contributed by atoms with E-state index < -0.39 is 0 Å². The summed E-state index contributed by atoms with van der Waals surface area (Å²) in [6.07, 6.45) is 0. The Labute approximate surface area is 70.3 Å². The van der Waals surface area contributed by atoms with Crippen molar-refractivity contribution in [3.63, 3.8) is 0 Å². The highest BCUT2D eigenvalue weighted by Crippen LogP contribution is 2.16. The normalized spacial score (nSPS) is 11.7. The Morgan fingerprint density at radius 2 is 2.00 bits per heavy atom. The quantitative estimate of drug-likeness (QED) is 0.395. The van der Waals surface area contributed by atoms with Gasteiger partial charge in [0.05, 0.1) is 0 Å². The van der Waals surface area contributed by atoms with Gasteiger partial charge in [0, 0.05) is 12.1 Å². The van der Waals surface area contributed by atoms with Gasteiger partial charge in [0.15, 0.2) is 0 Å². The van der Waals surface area contributed by atoms with Crippen molar-refractivity contribution in [3.8, 4) is 0 Å². The van der Waals surface area contributed by atoms with Crippen LogP contribution in [0.5, 0.6) is 0 Å². The molecule has 0 atom stereocenters. The van der Waals surface area contributed by atoms with E-state index in [1.807, 2.05) is 13.8 Å². The minimum absolute atomic E-state index is 0.173. The summed E-state index contributed by atoms with van der Waals surface area (Å²) in [5.41, 5.74) is 2.43. The lowest BCUT2D eigenvalue weighted by Gasteiger charge is -2.00. The lowest BCUT2D eigenvalue weighted by molar-refractivity contribution is -0.473. The number of rotatable bonds is 1. The molecule has 1 N–H and O–H groups in total. The molecule has 1 rings (SSSR count). The second kappa shape index (κ2) is 3.21. The first kappa shape index (κ1) is 8.52. The molecular weight excluding hydrogens is 156 g/mol. The van der Waals surface area contributed by atoms with E-state index in [4.69, 9.17) is 5.21 Å². The lowest BCUT2D eigenvalue weighted by atomic mass is 10.1. The van der Waals surface area contributed by atoms with Gasteiger partial charge in [-0.2, -0.15) is 0 Å². The fourth-order valence-electron chi connectivity index (χ4n) is 0.896. The van der Waals surface area contributed by atoms with Crippen LogP contribution in [0.4, 0.5) is 5.69 Å². The molecule has 0 aliphatic carbocycles. The third-order valence-corrected chi connectivity index (χ3v) is 1.79. The van der Waals surface area contributed by atoms with Crippen molar-refractivity contribution in [2.24, 2.45) is 5.28 Å². The Hall–Kier alpha value is -1.58. The predicted molar refractivity (Wildman–Crippen MR) is 43.4 cm³/mol. The molecule has 0 heterocycles. The van der Waals surface area contributed by atoms with Crippen LogP contribution in [0.2, 0.25) is 0 Å². The van der Waals surface area contributed by atoms with E-state index in [0.717, 1.165) is 11.1 Å². The van der Waals surface area contributed by atoms with Gasteiger partial charge in [0.2, 0.25) is 11.0 Å². The van der Waals surface area contributed by atoms with Gasteiger partial charge in [-0.3, -0.25) is 0 Å². The monoisotopic (exact) mass is 166 g/mol. The molecule has 0 fully saturated rings. The molecule has 0 unspecified atom stereocenters. The summed E-state index contributed by atoms with van der Waals surface area (Å²) in [4.78, 5) is 0.173. The number of hydrogen-bond acceptors (Lipinski definition) is 2. The molecular formula is C8H10N2O2. The van der Waals surface area contributed by atoms with Gasteiger partial charge in [-0.05, 0) is 29.8 Å². The fraction of sp³-hybridized carbons (Fsp3) is 0.250. The minimum atomic E-state index is 0.173. The smallest absolute Gasteiger partial charge is 0.248 e. The van der Waals surface area contributed by atoms with Crippen LogP contribution in [0.1, 0.15) is 11.1 Å². The second-order valence-electron chi connectivity index (χ2n) is 2.63. The summed E-state index contributed by atoms with van der Waals surface area (Å²) >= 11 is 0. The molecule has 64 valence electrons. The van der Waals surface area contributed by atoms with Crippen molar-refractivity contribution in [1.82, 2.24) is 0 Å². The Bertz CT molecular complexity index is 321. The Balaban J connectivity index is 3.13. The van der Waals surface area contributed by atoms with Crippen molar-refractivity contribution in [2.75, 3.05) is 0 Å². The molecule has 0 radical (unpaired) electrons. The first-order valence-corrected chi connectivity index (χ1v) is 3.54. The molecule has 4 nitrogen and oxygen atoms in total. The van der Waals surface area contributed by atoms with E-state index in [9.17, 15) is 5.21 Å². The van der Waals surface area contributed by atoms with Crippen molar-refractivity contribution < 1.29 is 10.1 Å². The molecule has 0 aliphatic rings. The molecule has 0 saturated carbocycles. The maximum atomic E-state index is 10.8. The number of aryl methyl sites for hydroxylation is 2. The summed E-state index contributed by atoms with van der Waals surface area (Å²) in [6.45, 7) is 3.84. The summed E-state index contributed by atoms with van der Waals surface area (Å²) in [5, 5.41) is 21.5. The summed E-state index contributed by atoms with van der Waals surface area (Å²) < 4.78 is 0. The molecule has 0 bridgehead atoms. The van der Waals surface area contributed by atoms with Gasteiger partial charge < -0.3 is 10.4 Å². The third kappa shape index (κ3) is 1.53. The van der Waals surface area contributed by atoms with Crippen LogP contribution >= 0.6 is 0 Å². The number of hydrogen-bond donors (Lipinski definition) is 1. The van der Waals surface area contributed by atoms with Crippen LogP contribution in [0, 0.1) is 19.1 Å². The largest absolute Gasteiger partial charge is 0.592 e. The van der Waals surface area contributed by atoms with Crippen molar-refractivity contribution in [3.05, 3.63) is 34.5 Å². The molecule has 1 aromatic carbocycles. The maximum absolute atomic E-state index is 10.8. The zero-order chi connectivity index (χ0) is 9.14. The molecule has 1 aromatic rings. The lowest BCUT2D eigenvalue weighted by Crippen LogP contribution is -1.91. The Morgan fingerprint density at radius 3 is 2.50 bits per heavy atom. The molecule has 12 heavy (non-hydrogen) atoms. The Kier molecular flexibility index (Phi) is 2.28. The van der Waals surface area contributed by atoms with Gasteiger partial charge in [0.25, 0.3) is 0 Å². The van der Waals surface area contributed by atoms with Crippen LogP contribution < -0.4 is 0 Å². The van der Waals surface area contributed by atoms with E-state index in [-0.39, 0.29) is 4.86 Å². The molecule has 0 aromatic heterocycles. The average molecular weight is 166 g/mol. The summed E-state index contributed by atoms with van der Waals surface area (Å²) in [7, 11) is 0. The SMILES string of the molecule is Cc1ccc(/[N+]([O-])=N/O)cc1C. The van der Waals surface area contributed by atoms with Crippen molar-refractivity contribution in [1.29, 1.82) is 0 Å². The van der Waals surface area contributed by atoms with E-state index in [1.54, 1.807) is 18.2 Å². The van der Waals surface area contributed by atoms with E-state index in [2.05, 4.69) is 5.28 Å². The maximum Gasteiger partial charge on any atom is 0.248 e. The zero-order valence-corrected chi connectivity index (χ0v) is 6.98. The molecule has 0 spiro atoms. The van der Waals surface area contributed by atoms with Gasteiger partial charge in [-0.15, -0.1) is 0 Å². The topological polar surface area (TPSA) is 58.7 Å². The van der Waals surface area contributed by atoms with Crippen LogP contribution in [-0.4, -0.2) is 10.1 Å². The first-order valence-electron chi connectivity index (χ1n) is 3.54. The van der Waals surface area contributed by atoms with Crippen LogP contribution in [0.15, 0.2) is 23.5 Å². The van der Waals surface area contributed by atoms with Crippen LogP contribution in [0.3, 0.4) is 0 Å². The van der Waals surface area contributed by atoms with Gasteiger partial charge in [-0.25, -0.2) is 0 Å². The van der Waals surface area contributed by atoms with Crippen LogP contribution in [0.25, 0.3) is 0 Å². The van der Waals surface area contributed by atoms with Gasteiger partial charge in [0.1, 0.15) is 0 Å². The Morgan fingerprint density at radius 1 is 1.33 bits per heavy atom.